The number of carbonyl (C=O) groups excluding carboxylic acids is 1. The molecule has 0 aromatic heterocycles. The third-order valence-electron chi connectivity index (χ3n) is 3.24. The molecule has 0 heterocycles. The number of carbonyl (C=O) groups is 1. The molecule has 0 saturated heterocycles. The van der Waals surface area contributed by atoms with Crippen LogP contribution >= 0.6 is 0 Å². The molecule has 0 atom stereocenters. The number of hydrogen-bond donors (Lipinski definition) is 2. The van der Waals surface area contributed by atoms with Crippen molar-refractivity contribution in [1.29, 1.82) is 0 Å². The first kappa shape index (κ1) is 16.7. The van der Waals surface area contributed by atoms with Crippen molar-refractivity contribution in [3.05, 3.63) is 35.4 Å². The topological polar surface area (TPSA) is 58.6 Å². The van der Waals surface area contributed by atoms with Crippen LogP contribution in [0.15, 0.2) is 24.3 Å². The first-order valence-electron chi connectivity index (χ1n) is 6.95. The molecular weight excluding hydrogens is 254 g/mol. The maximum atomic E-state index is 12.0. The maximum absolute atomic E-state index is 12.0. The molecule has 1 aromatic rings. The summed E-state index contributed by atoms with van der Waals surface area (Å²) in [7, 11) is 1.63. The molecule has 0 spiro atoms. The van der Waals surface area contributed by atoms with Gasteiger partial charge in [-0.2, -0.15) is 0 Å². The molecule has 0 aliphatic rings. The molecule has 1 aromatic carbocycles. The van der Waals surface area contributed by atoms with Crippen molar-refractivity contribution >= 4 is 5.91 Å². The second-order valence-electron chi connectivity index (χ2n) is 5.82. The summed E-state index contributed by atoms with van der Waals surface area (Å²) in [6.07, 6.45) is 1.74. The summed E-state index contributed by atoms with van der Waals surface area (Å²) in [5.74, 6) is -0.0650. The first-order valence-corrected chi connectivity index (χ1v) is 6.95. The fourth-order valence-corrected chi connectivity index (χ4v) is 1.92. The summed E-state index contributed by atoms with van der Waals surface area (Å²) in [6, 6.07) is 7.44. The van der Waals surface area contributed by atoms with Crippen LogP contribution in [0.4, 0.5) is 0 Å². The first-order chi connectivity index (χ1) is 9.48. The Balaban J connectivity index is 2.41. The Bertz CT molecular complexity index is 429. The van der Waals surface area contributed by atoms with Crippen LogP contribution in [0.1, 0.15) is 42.6 Å². The van der Waals surface area contributed by atoms with Crippen molar-refractivity contribution in [1.82, 2.24) is 5.32 Å². The number of methoxy groups -OCH3 is 1. The van der Waals surface area contributed by atoms with Crippen molar-refractivity contribution in [3.63, 3.8) is 0 Å². The van der Waals surface area contributed by atoms with Crippen molar-refractivity contribution in [3.8, 4) is 0 Å². The number of aliphatic hydroxyl groups excluding tert-OH is 1. The van der Waals surface area contributed by atoms with Crippen LogP contribution in [0.5, 0.6) is 0 Å². The van der Waals surface area contributed by atoms with Crippen molar-refractivity contribution in [2.45, 2.75) is 33.3 Å². The molecule has 0 aliphatic carbocycles. The van der Waals surface area contributed by atoms with Gasteiger partial charge in [-0.1, -0.05) is 26.0 Å². The van der Waals surface area contributed by atoms with Gasteiger partial charge in [-0.05, 0) is 36.0 Å². The fraction of sp³-hybridized carbons (Fsp3) is 0.562. The van der Waals surface area contributed by atoms with E-state index in [0.29, 0.717) is 18.7 Å². The van der Waals surface area contributed by atoms with E-state index in [-0.39, 0.29) is 17.9 Å². The zero-order valence-corrected chi connectivity index (χ0v) is 12.6. The molecule has 0 fully saturated rings. The molecule has 0 radical (unpaired) electrons. The molecule has 1 amide bonds. The van der Waals surface area contributed by atoms with Gasteiger partial charge in [0.05, 0.1) is 6.61 Å². The van der Waals surface area contributed by atoms with E-state index < -0.39 is 0 Å². The maximum Gasteiger partial charge on any atom is 0.251 e. The van der Waals surface area contributed by atoms with Gasteiger partial charge in [0.25, 0.3) is 5.91 Å². The minimum atomic E-state index is -0.0802. The molecular formula is C16H25NO3. The van der Waals surface area contributed by atoms with E-state index in [4.69, 9.17) is 9.84 Å². The van der Waals surface area contributed by atoms with Crippen LogP contribution in [0, 0.1) is 5.41 Å². The number of rotatable bonds is 8. The monoisotopic (exact) mass is 279 g/mol. The third kappa shape index (κ3) is 5.72. The Hall–Kier alpha value is -1.39. The Labute approximate surface area is 121 Å². The van der Waals surface area contributed by atoms with Gasteiger partial charge in [-0.25, -0.2) is 0 Å². The van der Waals surface area contributed by atoms with Gasteiger partial charge in [-0.15, -0.1) is 0 Å². The molecule has 1 rings (SSSR count). The van der Waals surface area contributed by atoms with E-state index in [9.17, 15) is 4.79 Å². The average Bonchev–Trinajstić information content (AvgIpc) is 2.44. The van der Waals surface area contributed by atoms with E-state index in [0.717, 1.165) is 18.4 Å². The van der Waals surface area contributed by atoms with Crippen LogP contribution in [0.25, 0.3) is 0 Å². The minimum absolute atomic E-state index is 0.0650. The molecule has 0 unspecified atom stereocenters. The van der Waals surface area contributed by atoms with Gasteiger partial charge >= 0.3 is 0 Å². The highest BCUT2D eigenvalue weighted by Crippen LogP contribution is 2.20. The number of hydrogen-bond acceptors (Lipinski definition) is 3. The molecule has 0 saturated carbocycles. The van der Waals surface area contributed by atoms with E-state index in [1.165, 1.54) is 0 Å². The van der Waals surface area contributed by atoms with Crippen LogP contribution < -0.4 is 5.32 Å². The number of ether oxygens (including phenoxy) is 1. The van der Waals surface area contributed by atoms with Crippen LogP contribution in [0.3, 0.4) is 0 Å². The SMILES string of the molecule is COCc1cccc(C(=O)NCCCC(C)(C)CO)c1. The largest absolute Gasteiger partial charge is 0.396 e. The van der Waals surface area contributed by atoms with Crippen LogP contribution in [-0.4, -0.2) is 31.3 Å². The second-order valence-corrected chi connectivity index (χ2v) is 5.82. The zero-order valence-electron chi connectivity index (χ0n) is 12.6. The smallest absolute Gasteiger partial charge is 0.251 e. The lowest BCUT2D eigenvalue weighted by Crippen LogP contribution is -2.26. The summed E-state index contributed by atoms with van der Waals surface area (Å²) < 4.78 is 5.06. The third-order valence-corrected chi connectivity index (χ3v) is 3.24. The summed E-state index contributed by atoms with van der Waals surface area (Å²) in [5, 5.41) is 12.1. The lowest BCUT2D eigenvalue weighted by molar-refractivity contribution is 0.0948. The highest BCUT2D eigenvalue weighted by atomic mass is 16.5. The Kier molecular flexibility index (Phi) is 6.68. The summed E-state index contributed by atoms with van der Waals surface area (Å²) in [4.78, 5) is 12.0. The average molecular weight is 279 g/mol. The van der Waals surface area contributed by atoms with E-state index in [2.05, 4.69) is 5.32 Å². The van der Waals surface area contributed by atoms with Crippen molar-refractivity contribution < 1.29 is 14.6 Å². The molecule has 112 valence electrons. The summed E-state index contributed by atoms with van der Waals surface area (Å²) in [6.45, 7) is 5.33. The van der Waals surface area contributed by atoms with E-state index in [1.807, 2.05) is 32.0 Å². The molecule has 0 bridgehead atoms. The zero-order chi connectivity index (χ0) is 15.0. The molecule has 0 aliphatic heterocycles. The Morgan fingerprint density at radius 3 is 2.80 bits per heavy atom. The van der Waals surface area contributed by atoms with Gasteiger partial charge in [0, 0.05) is 25.8 Å². The Morgan fingerprint density at radius 2 is 2.15 bits per heavy atom. The second kappa shape index (κ2) is 8.02. The van der Waals surface area contributed by atoms with Gasteiger partial charge < -0.3 is 15.2 Å². The lowest BCUT2D eigenvalue weighted by Gasteiger charge is -2.21. The van der Waals surface area contributed by atoms with Crippen LogP contribution in [-0.2, 0) is 11.3 Å². The van der Waals surface area contributed by atoms with Gasteiger partial charge in [-0.3, -0.25) is 4.79 Å². The summed E-state index contributed by atoms with van der Waals surface area (Å²) >= 11 is 0. The van der Waals surface area contributed by atoms with E-state index >= 15 is 0 Å². The molecule has 4 heteroatoms. The molecule has 2 N–H and O–H groups in total. The fourth-order valence-electron chi connectivity index (χ4n) is 1.92. The highest BCUT2D eigenvalue weighted by molar-refractivity contribution is 5.94. The number of amides is 1. The van der Waals surface area contributed by atoms with Gasteiger partial charge in [0.2, 0.25) is 0 Å². The molecule has 4 nitrogen and oxygen atoms in total. The number of benzene rings is 1. The predicted octanol–water partition coefficient (Wildman–Crippen LogP) is 2.36. The van der Waals surface area contributed by atoms with Crippen LogP contribution in [0.2, 0.25) is 0 Å². The van der Waals surface area contributed by atoms with Gasteiger partial charge in [0.1, 0.15) is 0 Å². The van der Waals surface area contributed by atoms with E-state index in [1.54, 1.807) is 13.2 Å². The van der Waals surface area contributed by atoms with Crippen molar-refractivity contribution in [2.24, 2.45) is 5.41 Å². The lowest BCUT2D eigenvalue weighted by atomic mass is 9.89. The highest BCUT2D eigenvalue weighted by Gasteiger charge is 2.15. The van der Waals surface area contributed by atoms with Crippen molar-refractivity contribution in [2.75, 3.05) is 20.3 Å². The van der Waals surface area contributed by atoms with Gasteiger partial charge in [0.15, 0.2) is 0 Å². The number of aliphatic hydroxyl groups is 1. The standard InChI is InChI=1S/C16H25NO3/c1-16(2,12-18)8-5-9-17-15(19)14-7-4-6-13(10-14)11-20-3/h4,6-7,10,18H,5,8-9,11-12H2,1-3H3,(H,17,19). The Morgan fingerprint density at radius 1 is 1.40 bits per heavy atom. The minimum Gasteiger partial charge on any atom is -0.396 e. The number of nitrogens with one attached hydrogen (secondary N) is 1. The molecule has 20 heavy (non-hydrogen) atoms. The normalized spacial score (nSPS) is 11.4. The summed E-state index contributed by atoms with van der Waals surface area (Å²) in [5.41, 5.74) is 1.56. The predicted molar refractivity (Wildman–Crippen MR) is 79.6 cm³/mol. The quantitative estimate of drug-likeness (QED) is 0.718.